The number of amidine groups is 1. The molecule has 2 heterocycles. The molecule has 10 heteroatoms. The lowest BCUT2D eigenvalue weighted by Crippen LogP contribution is -2.29. The third-order valence-corrected chi connectivity index (χ3v) is 4.29. The highest BCUT2D eigenvalue weighted by molar-refractivity contribution is 8.15. The quantitative estimate of drug-likeness (QED) is 0.502. The third-order valence-electron chi connectivity index (χ3n) is 3.34. The lowest BCUT2D eigenvalue weighted by atomic mass is 10.1. The van der Waals surface area contributed by atoms with E-state index in [1.165, 1.54) is 34.9 Å². The van der Waals surface area contributed by atoms with Gasteiger partial charge in [-0.15, -0.1) is 16.8 Å². The predicted molar refractivity (Wildman–Crippen MR) is 90.1 cm³/mol. The van der Waals surface area contributed by atoms with E-state index in [9.17, 15) is 19.7 Å². The van der Waals surface area contributed by atoms with Crippen molar-refractivity contribution in [3.05, 3.63) is 46.5 Å². The second-order valence-corrected chi connectivity index (χ2v) is 5.80. The molecule has 1 fully saturated rings. The molecule has 1 N–H and O–H groups in total. The van der Waals surface area contributed by atoms with Gasteiger partial charge in [0.1, 0.15) is 0 Å². The molecule has 1 saturated heterocycles. The smallest absolute Gasteiger partial charge is 0.276 e. The van der Waals surface area contributed by atoms with Crippen LogP contribution in [0.5, 0.6) is 0 Å². The molecule has 0 radical (unpaired) electrons. The van der Waals surface area contributed by atoms with Gasteiger partial charge in [0.2, 0.25) is 5.91 Å². The molecular weight excluding hydrogens is 334 g/mol. The van der Waals surface area contributed by atoms with Crippen LogP contribution in [0.2, 0.25) is 0 Å². The van der Waals surface area contributed by atoms with E-state index < -0.39 is 10.8 Å². The monoisotopic (exact) mass is 345 g/mol. The van der Waals surface area contributed by atoms with Crippen LogP contribution in [0, 0.1) is 10.1 Å². The molecule has 0 saturated carbocycles. The van der Waals surface area contributed by atoms with Crippen LogP contribution >= 0.6 is 11.8 Å². The fourth-order valence-electron chi connectivity index (χ4n) is 2.23. The van der Waals surface area contributed by atoms with Crippen LogP contribution in [0.3, 0.4) is 0 Å². The molecule has 122 valence electrons. The zero-order valence-corrected chi connectivity index (χ0v) is 13.1. The molecular formula is C14H11N5O4S. The van der Waals surface area contributed by atoms with Crippen LogP contribution in [-0.4, -0.2) is 44.8 Å². The summed E-state index contributed by atoms with van der Waals surface area (Å²) in [6, 6.07) is 4.00. The van der Waals surface area contributed by atoms with E-state index >= 15 is 0 Å². The molecule has 1 aromatic rings. The standard InChI is InChI=1S/C14H11N5O4S/c1-2-5-18-11(20)7-24-14(18)17-16-12-9-6-8(19(22)23)3-4-10(9)15-13(12)21/h2-4,6H,1,5,7H2,(H,15,16,21)/b17-14+. The fourth-order valence-corrected chi connectivity index (χ4v) is 3.07. The molecule has 0 aromatic heterocycles. The van der Waals surface area contributed by atoms with Gasteiger partial charge in [-0.3, -0.25) is 24.6 Å². The minimum Gasteiger partial charge on any atom is -0.320 e. The Morgan fingerprint density at radius 2 is 2.21 bits per heavy atom. The summed E-state index contributed by atoms with van der Waals surface area (Å²) in [5, 5.41) is 21.7. The number of benzene rings is 1. The largest absolute Gasteiger partial charge is 0.320 e. The van der Waals surface area contributed by atoms with Crippen molar-refractivity contribution in [2.75, 3.05) is 17.6 Å². The zero-order chi connectivity index (χ0) is 17.3. The summed E-state index contributed by atoms with van der Waals surface area (Å²) in [4.78, 5) is 35.5. The van der Waals surface area contributed by atoms with E-state index in [4.69, 9.17) is 0 Å². The van der Waals surface area contributed by atoms with Crippen LogP contribution in [0.15, 0.2) is 41.1 Å². The molecule has 0 aliphatic carbocycles. The Morgan fingerprint density at radius 1 is 1.42 bits per heavy atom. The van der Waals surface area contributed by atoms with Crippen molar-refractivity contribution >= 4 is 45.8 Å². The Morgan fingerprint density at radius 3 is 2.92 bits per heavy atom. The molecule has 24 heavy (non-hydrogen) atoms. The Balaban J connectivity index is 1.97. The number of nitrogens with zero attached hydrogens (tertiary/aromatic N) is 4. The summed E-state index contributed by atoms with van der Waals surface area (Å²) >= 11 is 1.20. The number of amides is 2. The minimum absolute atomic E-state index is 0.0281. The molecule has 2 aliphatic heterocycles. The van der Waals surface area contributed by atoms with E-state index in [1.807, 2.05) is 0 Å². The lowest BCUT2D eigenvalue weighted by molar-refractivity contribution is -0.384. The molecule has 0 atom stereocenters. The second-order valence-electron chi connectivity index (χ2n) is 4.85. The average Bonchev–Trinajstić information content (AvgIpc) is 3.05. The number of hydrogen-bond donors (Lipinski definition) is 1. The van der Waals surface area contributed by atoms with Gasteiger partial charge in [0.25, 0.3) is 11.6 Å². The van der Waals surface area contributed by atoms with Crippen molar-refractivity contribution in [1.29, 1.82) is 0 Å². The van der Waals surface area contributed by atoms with E-state index in [-0.39, 0.29) is 23.1 Å². The molecule has 2 aliphatic rings. The molecule has 1 aromatic carbocycles. The minimum atomic E-state index is -0.552. The predicted octanol–water partition coefficient (Wildman–Crippen LogP) is 1.37. The fraction of sp³-hybridized carbons (Fsp3) is 0.143. The van der Waals surface area contributed by atoms with Crippen LogP contribution in [-0.2, 0) is 9.59 Å². The summed E-state index contributed by atoms with van der Waals surface area (Å²) in [6.45, 7) is 3.87. The Hall–Kier alpha value is -3.01. The number of nitrogens with one attached hydrogen (secondary N) is 1. The Labute approximate surface area is 140 Å². The summed E-state index contributed by atoms with van der Waals surface area (Å²) in [5.74, 6) is -0.378. The maximum Gasteiger partial charge on any atom is 0.276 e. The van der Waals surface area contributed by atoms with E-state index in [0.29, 0.717) is 23.0 Å². The van der Waals surface area contributed by atoms with Gasteiger partial charge in [0.15, 0.2) is 10.9 Å². The van der Waals surface area contributed by atoms with Gasteiger partial charge in [0, 0.05) is 24.2 Å². The highest BCUT2D eigenvalue weighted by Crippen LogP contribution is 2.28. The molecule has 3 rings (SSSR count). The summed E-state index contributed by atoms with van der Waals surface area (Å²) in [6.07, 6.45) is 1.56. The molecule has 2 amide bonds. The number of carbonyl (C=O) groups excluding carboxylic acids is 2. The number of carbonyl (C=O) groups is 2. The zero-order valence-electron chi connectivity index (χ0n) is 12.3. The summed E-state index contributed by atoms with van der Waals surface area (Å²) < 4.78 is 0. The Kier molecular flexibility index (Phi) is 4.13. The van der Waals surface area contributed by atoms with E-state index in [0.717, 1.165) is 0 Å². The van der Waals surface area contributed by atoms with Crippen molar-refractivity contribution in [3.63, 3.8) is 0 Å². The van der Waals surface area contributed by atoms with Gasteiger partial charge in [-0.2, -0.15) is 0 Å². The Bertz CT molecular complexity index is 832. The number of non-ortho nitro benzene ring substituents is 1. The first-order valence-corrected chi connectivity index (χ1v) is 7.79. The van der Waals surface area contributed by atoms with Gasteiger partial charge < -0.3 is 5.32 Å². The van der Waals surface area contributed by atoms with E-state index in [1.54, 1.807) is 6.08 Å². The summed E-state index contributed by atoms with van der Waals surface area (Å²) in [5.41, 5.74) is 0.565. The number of thioether (sulfide) groups is 1. The number of hydrogen-bond acceptors (Lipinski definition) is 7. The van der Waals surface area contributed by atoms with Crippen molar-refractivity contribution in [3.8, 4) is 0 Å². The van der Waals surface area contributed by atoms with Gasteiger partial charge in [-0.05, 0) is 6.07 Å². The molecule has 9 nitrogen and oxygen atoms in total. The number of rotatable bonds is 4. The first-order valence-electron chi connectivity index (χ1n) is 6.81. The van der Waals surface area contributed by atoms with Crippen LogP contribution in [0.1, 0.15) is 5.56 Å². The number of fused-ring (bicyclic) bond motifs is 1. The highest BCUT2D eigenvalue weighted by atomic mass is 32.2. The first-order chi connectivity index (χ1) is 11.5. The molecule has 0 bridgehead atoms. The SMILES string of the molecule is C=CCN1C(=O)CS/C1=N/N=C1C(=O)Nc2ccc([N+](=O)[O-])cc21. The first kappa shape index (κ1) is 15.9. The normalized spacial score (nSPS) is 19.8. The van der Waals surface area contributed by atoms with Crippen LogP contribution < -0.4 is 5.32 Å². The van der Waals surface area contributed by atoms with Gasteiger partial charge in [-0.1, -0.05) is 17.8 Å². The topological polar surface area (TPSA) is 117 Å². The number of nitro benzene ring substituents is 1. The second kappa shape index (κ2) is 6.24. The number of anilines is 1. The van der Waals surface area contributed by atoms with Crippen molar-refractivity contribution in [2.24, 2.45) is 10.2 Å². The van der Waals surface area contributed by atoms with Gasteiger partial charge >= 0.3 is 0 Å². The summed E-state index contributed by atoms with van der Waals surface area (Å²) in [7, 11) is 0. The highest BCUT2D eigenvalue weighted by Gasteiger charge is 2.30. The van der Waals surface area contributed by atoms with E-state index in [2.05, 4.69) is 22.1 Å². The van der Waals surface area contributed by atoms with Gasteiger partial charge in [-0.25, -0.2) is 0 Å². The average molecular weight is 345 g/mol. The number of nitro groups is 1. The lowest BCUT2D eigenvalue weighted by Gasteiger charge is -2.11. The van der Waals surface area contributed by atoms with Crippen molar-refractivity contribution < 1.29 is 14.5 Å². The third kappa shape index (κ3) is 2.78. The molecule has 0 spiro atoms. The van der Waals surface area contributed by atoms with Crippen LogP contribution in [0.25, 0.3) is 0 Å². The maximum atomic E-state index is 12.0. The maximum absolute atomic E-state index is 12.0. The van der Waals surface area contributed by atoms with Crippen molar-refractivity contribution in [1.82, 2.24) is 4.90 Å². The van der Waals surface area contributed by atoms with Gasteiger partial charge in [0.05, 0.1) is 16.4 Å². The molecule has 0 unspecified atom stereocenters. The van der Waals surface area contributed by atoms with Crippen molar-refractivity contribution in [2.45, 2.75) is 0 Å². The van der Waals surface area contributed by atoms with Crippen LogP contribution in [0.4, 0.5) is 11.4 Å².